The van der Waals surface area contributed by atoms with Gasteiger partial charge in [-0.05, 0) is 105 Å². The van der Waals surface area contributed by atoms with E-state index in [9.17, 15) is 20.1 Å². The predicted octanol–water partition coefficient (Wildman–Crippen LogP) is 6.05. The predicted molar refractivity (Wildman–Crippen MR) is 141 cm³/mol. The smallest absolute Gasteiger partial charge is 0.139 e. The van der Waals surface area contributed by atoms with E-state index in [1.807, 2.05) is 0 Å². The Hall–Kier alpha value is -1.23. The largest absolute Gasteiger partial charge is 0.393 e. The van der Waals surface area contributed by atoms with E-state index in [2.05, 4.69) is 39.5 Å². The zero-order valence-electron chi connectivity index (χ0n) is 22.3. The van der Waals surface area contributed by atoms with E-state index in [4.69, 9.17) is 0 Å². The van der Waals surface area contributed by atoms with Crippen LogP contribution in [0.1, 0.15) is 104 Å². The lowest BCUT2D eigenvalue weighted by molar-refractivity contribution is -0.124. The van der Waals surface area contributed by atoms with E-state index in [1.54, 1.807) is 0 Å². The normalized spacial score (nSPS) is 38.4. The van der Waals surface area contributed by atoms with Crippen LogP contribution in [0.25, 0.3) is 0 Å². The first-order valence-electron chi connectivity index (χ1n) is 14.3. The summed E-state index contributed by atoms with van der Waals surface area (Å²) in [5, 5.41) is 31.5. The fourth-order valence-corrected chi connectivity index (χ4v) is 7.87. The Balaban J connectivity index is 1.42. The third-order valence-corrected chi connectivity index (χ3v) is 10.4. The van der Waals surface area contributed by atoms with E-state index in [-0.39, 0.29) is 22.9 Å². The van der Waals surface area contributed by atoms with Gasteiger partial charge in [0.25, 0.3) is 0 Å². The van der Waals surface area contributed by atoms with Gasteiger partial charge in [0.05, 0.1) is 18.3 Å². The van der Waals surface area contributed by atoms with Crippen molar-refractivity contribution >= 4 is 5.78 Å². The molecule has 4 aliphatic carbocycles. The number of allylic oxidation sites excluding steroid dienone is 3. The quantitative estimate of drug-likeness (QED) is 0.372. The van der Waals surface area contributed by atoms with Crippen LogP contribution >= 0.6 is 0 Å². The maximum Gasteiger partial charge on any atom is 0.139 e. The SMILES string of the molecule is C=C1C(=CC=C2CCC[C@]3(C)[C@@H]([C@H](C)[C@H](O)CCC4(C(=O)CCC)CC4)CC[C@@H]23)C[C@@H](O)C[C@@H]1O. The van der Waals surface area contributed by atoms with E-state index in [0.717, 1.165) is 56.1 Å². The highest BCUT2D eigenvalue weighted by Crippen LogP contribution is 2.60. The van der Waals surface area contributed by atoms with Crippen LogP contribution in [0, 0.1) is 28.6 Å². The maximum absolute atomic E-state index is 12.5. The molecule has 4 heteroatoms. The molecule has 4 nitrogen and oxygen atoms in total. The van der Waals surface area contributed by atoms with E-state index in [0.29, 0.717) is 36.9 Å². The first-order chi connectivity index (χ1) is 16.6. The Morgan fingerprint density at radius 1 is 1.20 bits per heavy atom. The number of fused-ring (bicyclic) bond motifs is 1. The molecule has 4 aliphatic rings. The zero-order chi connectivity index (χ0) is 25.4. The number of aliphatic hydroxyl groups is 3. The molecule has 0 unspecified atom stereocenters. The summed E-state index contributed by atoms with van der Waals surface area (Å²) in [6.45, 7) is 10.8. The third kappa shape index (κ3) is 5.40. The summed E-state index contributed by atoms with van der Waals surface area (Å²) in [4.78, 5) is 12.5. The van der Waals surface area contributed by atoms with Gasteiger partial charge in [-0.3, -0.25) is 4.79 Å². The monoisotopic (exact) mass is 484 g/mol. The van der Waals surface area contributed by atoms with Crippen molar-refractivity contribution in [1.29, 1.82) is 0 Å². The van der Waals surface area contributed by atoms with Crippen molar-refractivity contribution in [3.05, 3.63) is 35.5 Å². The van der Waals surface area contributed by atoms with Crippen molar-refractivity contribution in [2.75, 3.05) is 0 Å². The van der Waals surface area contributed by atoms with Crippen molar-refractivity contribution in [1.82, 2.24) is 0 Å². The summed E-state index contributed by atoms with van der Waals surface area (Å²) in [6.07, 6.45) is 14.8. The van der Waals surface area contributed by atoms with Crippen LogP contribution in [0.2, 0.25) is 0 Å². The summed E-state index contributed by atoms with van der Waals surface area (Å²) >= 11 is 0. The maximum atomic E-state index is 12.5. The number of hydrogen-bond donors (Lipinski definition) is 3. The molecule has 7 atom stereocenters. The van der Waals surface area contributed by atoms with Crippen molar-refractivity contribution in [2.45, 2.75) is 123 Å². The van der Waals surface area contributed by atoms with Crippen LogP contribution in [-0.4, -0.2) is 39.4 Å². The van der Waals surface area contributed by atoms with Gasteiger partial charge in [0.1, 0.15) is 5.78 Å². The standard InChI is InChI=1S/C31H48O4/c1-5-7-29(35)31(16-17-31)15-13-27(33)21(3)25-11-12-26-22(8-6-14-30(25,26)4)9-10-23-18-24(32)19-28(34)20(23)2/h9-10,21,24-28,32-34H,2,5-8,11-19H2,1,3-4H3/t21-,24+,25+,26-,27+,28-,30+/m0/s1. The molecule has 4 fully saturated rings. The van der Waals surface area contributed by atoms with Gasteiger partial charge in [-0.25, -0.2) is 0 Å². The van der Waals surface area contributed by atoms with Crippen molar-refractivity contribution in [3.8, 4) is 0 Å². The molecular weight excluding hydrogens is 436 g/mol. The highest BCUT2D eigenvalue weighted by molar-refractivity contribution is 5.87. The summed E-state index contributed by atoms with van der Waals surface area (Å²) in [5.41, 5.74) is 3.29. The minimum atomic E-state index is -0.648. The highest BCUT2D eigenvalue weighted by atomic mass is 16.3. The van der Waals surface area contributed by atoms with Gasteiger partial charge in [0.2, 0.25) is 0 Å². The molecule has 0 spiro atoms. The third-order valence-electron chi connectivity index (χ3n) is 10.4. The van der Waals surface area contributed by atoms with Crippen molar-refractivity contribution in [3.63, 3.8) is 0 Å². The number of ketones is 1. The van der Waals surface area contributed by atoms with Crippen LogP contribution in [0.3, 0.4) is 0 Å². The van der Waals surface area contributed by atoms with Gasteiger partial charge in [0, 0.05) is 18.3 Å². The van der Waals surface area contributed by atoms with Crippen LogP contribution in [0.4, 0.5) is 0 Å². The number of carbonyl (C=O) groups is 1. The van der Waals surface area contributed by atoms with Crippen LogP contribution in [0.5, 0.6) is 0 Å². The molecule has 4 saturated carbocycles. The Kier molecular flexibility index (Phi) is 8.15. The second kappa shape index (κ2) is 10.6. The minimum absolute atomic E-state index is 0.114. The molecule has 3 N–H and O–H groups in total. The topological polar surface area (TPSA) is 77.8 Å². The fourth-order valence-electron chi connectivity index (χ4n) is 7.87. The Bertz CT molecular complexity index is 865. The number of rotatable bonds is 9. The molecule has 0 saturated heterocycles. The number of Topliss-reactive ketones (excluding diaryl/α,β-unsaturated/α-hetero) is 1. The van der Waals surface area contributed by atoms with E-state index >= 15 is 0 Å². The fraction of sp³-hybridized carbons (Fsp3) is 0.774. The molecule has 35 heavy (non-hydrogen) atoms. The molecule has 0 amide bonds. The first-order valence-corrected chi connectivity index (χ1v) is 14.3. The molecule has 4 rings (SSSR count). The van der Waals surface area contributed by atoms with Gasteiger partial charge in [-0.2, -0.15) is 0 Å². The second-order valence-corrected chi connectivity index (χ2v) is 12.6. The second-order valence-electron chi connectivity index (χ2n) is 12.6. The van der Waals surface area contributed by atoms with E-state index in [1.165, 1.54) is 24.8 Å². The molecule has 0 aliphatic heterocycles. The Morgan fingerprint density at radius 3 is 2.63 bits per heavy atom. The molecule has 0 aromatic carbocycles. The summed E-state index contributed by atoms with van der Waals surface area (Å²) in [5.74, 6) is 1.68. The lowest BCUT2D eigenvalue weighted by Crippen LogP contribution is -2.39. The molecule has 0 bridgehead atoms. The van der Waals surface area contributed by atoms with E-state index < -0.39 is 12.2 Å². The average Bonchev–Trinajstić information content (AvgIpc) is 3.53. The van der Waals surface area contributed by atoms with Crippen molar-refractivity contribution in [2.24, 2.45) is 28.6 Å². The highest BCUT2D eigenvalue weighted by Gasteiger charge is 2.52. The number of hydrogen-bond acceptors (Lipinski definition) is 4. The molecule has 0 heterocycles. The molecule has 0 aromatic rings. The minimum Gasteiger partial charge on any atom is -0.393 e. The molecular formula is C31H48O4. The molecule has 196 valence electrons. The van der Waals surface area contributed by atoms with Crippen LogP contribution < -0.4 is 0 Å². The average molecular weight is 485 g/mol. The van der Waals surface area contributed by atoms with Gasteiger partial charge in [0.15, 0.2) is 0 Å². The van der Waals surface area contributed by atoms with Crippen LogP contribution in [0.15, 0.2) is 35.5 Å². The number of aliphatic hydroxyl groups excluding tert-OH is 3. The van der Waals surface area contributed by atoms with Gasteiger partial charge < -0.3 is 15.3 Å². The van der Waals surface area contributed by atoms with Gasteiger partial charge in [-0.15, -0.1) is 0 Å². The van der Waals surface area contributed by atoms with Crippen LogP contribution in [-0.2, 0) is 4.79 Å². The summed E-state index contributed by atoms with van der Waals surface area (Å²) < 4.78 is 0. The lowest BCUT2D eigenvalue weighted by atomic mass is 9.60. The number of carbonyl (C=O) groups excluding carboxylic acids is 1. The lowest BCUT2D eigenvalue weighted by Gasteiger charge is -2.45. The van der Waals surface area contributed by atoms with Gasteiger partial charge in [-0.1, -0.05) is 45.1 Å². The van der Waals surface area contributed by atoms with Gasteiger partial charge >= 0.3 is 0 Å². The summed E-state index contributed by atoms with van der Waals surface area (Å²) in [6, 6.07) is 0. The van der Waals surface area contributed by atoms with Crippen molar-refractivity contribution < 1.29 is 20.1 Å². The zero-order valence-corrected chi connectivity index (χ0v) is 22.3. The summed E-state index contributed by atoms with van der Waals surface area (Å²) in [7, 11) is 0. The Morgan fingerprint density at radius 2 is 1.94 bits per heavy atom. The molecule has 0 radical (unpaired) electrons. The first kappa shape index (κ1) is 26.8. The Labute approximate surface area is 212 Å². The molecule has 0 aromatic heterocycles.